The molecule has 11 heteroatoms. The van der Waals surface area contributed by atoms with Crippen LogP contribution in [0.2, 0.25) is 10.0 Å². The normalized spacial score (nSPS) is 19.9. The molecule has 5 heterocycles. The second-order valence-corrected chi connectivity index (χ2v) is 14.8. The van der Waals surface area contributed by atoms with Crippen molar-refractivity contribution < 1.29 is 9.53 Å². The lowest BCUT2D eigenvalue weighted by Gasteiger charge is -2.39. The van der Waals surface area contributed by atoms with E-state index in [9.17, 15) is 4.79 Å². The Labute approximate surface area is 320 Å². The molecule has 2 atom stereocenters. The van der Waals surface area contributed by atoms with E-state index in [-0.39, 0.29) is 18.2 Å². The molecular formula is C42H43Cl2N7O2. The molecule has 5 aromatic rings. The average Bonchev–Trinajstić information content (AvgIpc) is 3.46. The van der Waals surface area contributed by atoms with Crippen LogP contribution in [0.5, 0.6) is 5.75 Å². The first-order chi connectivity index (χ1) is 26.0. The number of aryl methyl sites for hydroxylation is 4. The van der Waals surface area contributed by atoms with Crippen molar-refractivity contribution in [2.45, 2.75) is 37.8 Å². The van der Waals surface area contributed by atoms with Crippen molar-refractivity contribution in [3.8, 4) is 5.75 Å². The summed E-state index contributed by atoms with van der Waals surface area (Å²) in [5.41, 5.74) is 10.3. The SMILES string of the molecule is Clc1ccc2c(c1)CCc1cccnc1[C@@H]2N1CCNCC1.O=C(Oc1cccnc1)N1CCN([C@@H]2c3ccc(Cl)cc3CCc3cccnc32)CC1. The molecule has 4 aliphatic rings. The standard InChI is InChI=1S/C24H23ClN4O2.C18H20ClN3/c25-19-7-8-21-18(15-19)6-5-17-3-1-10-27-22(17)23(21)28-11-13-29(14-12-28)24(30)31-20-4-2-9-26-16-20;19-15-5-6-16-14(12-15)4-3-13-2-1-7-21-17(13)18(16)22-10-8-20-9-11-22/h1-4,7-10,15-16,23H,5-6,11-14H2;1-2,5-7,12,18,20H,3-4,8-11H2/t23-;18-/m11/s1. The van der Waals surface area contributed by atoms with Gasteiger partial charge in [0.1, 0.15) is 0 Å². The van der Waals surface area contributed by atoms with Crippen molar-refractivity contribution in [3.63, 3.8) is 0 Å². The highest BCUT2D eigenvalue weighted by molar-refractivity contribution is 6.31. The maximum Gasteiger partial charge on any atom is 0.415 e. The van der Waals surface area contributed by atoms with E-state index in [4.69, 9.17) is 37.9 Å². The average molecular weight is 749 g/mol. The molecule has 9 rings (SSSR count). The lowest BCUT2D eigenvalue weighted by molar-refractivity contribution is 0.0964. The first kappa shape index (κ1) is 35.6. The number of hydrogen-bond acceptors (Lipinski definition) is 8. The van der Waals surface area contributed by atoms with Gasteiger partial charge >= 0.3 is 6.09 Å². The molecule has 0 spiro atoms. The van der Waals surface area contributed by atoms with Crippen LogP contribution in [-0.2, 0) is 25.7 Å². The Bertz CT molecular complexity index is 2050. The van der Waals surface area contributed by atoms with E-state index in [0.717, 1.165) is 80.7 Å². The number of halogens is 2. The third-order valence-electron chi connectivity index (χ3n) is 10.8. The van der Waals surface area contributed by atoms with E-state index in [0.29, 0.717) is 18.8 Å². The highest BCUT2D eigenvalue weighted by Gasteiger charge is 2.34. The molecular weight excluding hydrogens is 705 g/mol. The number of carbonyl (C=O) groups excluding carboxylic acids is 1. The van der Waals surface area contributed by atoms with Crippen molar-refractivity contribution in [1.82, 2.24) is 35.0 Å². The number of pyridine rings is 3. The minimum atomic E-state index is -0.334. The minimum absolute atomic E-state index is 0.0578. The third kappa shape index (κ3) is 7.95. The molecule has 0 radical (unpaired) electrons. The Hall–Kier alpha value is -4.38. The van der Waals surface area contributed by atoms with Gasteiger partial charge in [-0.1, -0.05) is 47.5 Å². The molecule has 2 aliphatic heterocycles. The van der Waals surface area contributed by atoms with E-state index >= 15 is 0 Å². The van der Waals surface area contributed by atoms with Gasteiger partial charge < -0.3 is 15.0 Å². The number of aromatic nitrogens is 3. The first-order valence-electron chi connectivity index (χ1n) is 18.5. The molecule has 3 aromatic heterocycles. The predicted molar refractivity (Wildman–Crippen MR) is 208 cm³/mol. The number of nitrogens with one attached hydrogen (secondary N) is 1. The fourth-order valence-electron chi connectivity index (χ4n) is 8.18. The van der Waals surface area contributed by atoms with Crippen molar-refractivity contribution in [3.05, 3.63) is 152 Å². The smallest absolute Gasteiger partial charge is 0.409 e. The summed E-state index contributed by atoms with van der Waals surface area (Å²) in [5.74, 6) is 0.461. The highest BCUT2D eigenvalue weighted by Crippen LogP contribution is 2.38. The molecule has 1 amide bonds. The van der Waals surface area contributed by atoms with Crippen LogP contribution < -0.4 is 10.1 Å². The van der Waals surface area contributed by atoms with Crippen LogP contribution in [0.4, 0.5) is 4.79 Å². The Morgan fingerprint density at radius 2 is 1.17 bits per heavy atom. The summed E-state index contributed by atoms with van der Waals surface area (Å²) in [4.78, 5) is 32.8. The summed E-state index contributed by atoms with van der Waals surface area (Å²) in [7, 11) is 0. The number of hydrogen-bond donors (Lipinski definition) is 1. The number of benzene rings is 2. The number of piperazine rings is 2. The Morgan fingerprint density at radius 3 is 1.72 bits per heavy atom. The zero-order chi connectivity index (χ0) is 36.1. The number of ether oxygens (including phenoxy) is 1. The summed E-state index contributed by atoms with van der Waals surface area (Å²) < 4.78 is 5.46. The zero-order valence-corrected chi connectivity index (χ0v) is 31.1. The van der Waals surface area contributed by atoms with Gasteiger partial charge in [-0.05, 0) is 108 Å². The zero-order valence-electron chi connectivity index (χ0n) is 29.6. The fraction of sp³-hybridized carbons (Fsp3) is 0.333. The van der Waals surface area contributed by atoms with Gasteiger partial charge in [0, 0.05) is 81.0 Å². The Balaban J connectivity index is 0.000000160. The van der Waals surface area contributed by atoms with E-state index in [1.165, 1.54) is 39.1 Å². The van der Waals surface area contributed by atoms with Crippen molar-refractivity contribution in [2.24, 2.45) is 0 Å². The molecule has 2 fully saturated rings. The largest absolute Gasteiger partial charge is 0.415 e. The molecule has 0 unspecified atom stereocenters. The van der Waals surface area contributed by atoms with Crippen LogP contribution >= 0.6 is 23.2 Å². The second-order valence-electron chi connectivity index (χ2n) is 14.0. The van der Waals surface area contributed by atoms with Crippen LogP contribution in [0.3, 0.4) is 0 Å². The number of carbonyl (C=O) groups is 1. The van der Waals surface area contributed by atoms with Crippen LogP contribution in [0, 0.1) is 0 Å². The van der Waals surface area contributed by atoms with Crippen LogP contribution in [0.1, 0.15) is 56.9 Å². The molecule has 2 aliphatic carbocycles. The number of fused-ring (bicyclic) bond motifs is 4. The van der Waals surface area contributed by atoms with E-state index in [2.05, 4.69) is 62.6 Å². The molecule has 0 bridgehead atoms. The molecule has 2 aromatic carbocycles. The first-order valence-corrected chi connectivity index (χ1v) is 19.3. The summed E-state index contributed by atoms with van der Waals surface area (Å²) in [6, 6.07) is 24.8. The molecule has 1 N–H and O–H groups in total. The maximum atomic E-state index is 12.6. The minimum Gasteiger partial charge on any atom is -0.409 e. The van der Waals surface area contributed by atoms with Gasteiger partial charge in [0.15, 0.2) is 5.75 Å². The van der Waals surface area contributed by atoms with E-state index < -0.39 is 0 Å². The number of nitrogens with zero attached hydrogens (tertiary/aromatic N) is 6. The van der Waals surface area contributed by atoms with Crippen molar-refractivity contribution >= 4 is 29.3 Å². The van der Waals surface area contributed by atoms with Gasteiger partial charge in [0.2, 0.25) is 0 Å². The lowest BCUT2D eigenvalue weighted by Crippen LogP contribution is -2.50. The maximum absolute atomic E-state index is 12.6. The van der Waals surface area contributed by atoms with Gasteiger partial charge in [-0.25, -0.2) is 4.79 Å². The van der Waals surface area contributed by atoms with Crippen LogP contribution in [0.25, 0.3) is 0 Å². The van der Waals surface area contributed by atoms with Gasteiger partial charge in [0.05, 0.1) is 29.7 Å². The summed E-state index contributed by atoms with van der Waals surface area (Å²) in [5, 5.41) is 5.04. The van der Waals surface area contributed by atoms with E-state index in [1.54, 1.807) is 29.4 Å². The van der Waals surface area contributed by atoms with Crippen LogP contribution in [-0.4, -0.2) is 88.1 Å². The summed E-state index contributed by atoms with van der Waals surface area (Å²) >= 11 is 12.5. The highest BCUT2D eigenvalue weighted by atomic mass is 35.5. The molecule has 272 valence electrons. The molecule has 0 saturated carbocycles. The lowest BCUT2D eigenvalue weighted by atomic mass is 9.96. The number of amides is 1. The fourth-order valence-corrected chi connectivity index (χ4v) is 8.57. The molecule has 9 nitrogen and oxygen atoms in total. The van der Waals surface area contributed by atoms with Gasteiger partial charge in [0.25, 0.3) is 0 Å². The second kappa shape index (κ2) is 16.3. The Morgan fingerprint density at radius 1 is 0.642 bits per heavy atom. The van der Waals surface area contributed by atoms with Crippen molar-refractivity contribution in [1.29, 1.82) is 0 Å². The van der Waals surface area contributed by atoms with E-state index in [1.807, 2.05) is 30.6 Å². The van der Waals surface area contributed by atoms with Crippen LogP contribution in [0.15, 0.2) is 97.6 Å². The number of rotatable bonds is 3. The molecule has 53 heavy (non-hydrogen) atoms. The van der Waals surface area contributed by atoms with Gasteiger partial charge in [-0.15, -0.1) is 0 Å². The monoisotopic (exact) mass is 747 g/mol. The Kier molecular flexibility index (Phi) is 11.0. The third-order valence-corrected chi connectivity index (χ3v) is 11.3. The summed E-state index contributed by atoms with van der Waals surface area (Å²) in [6.45, 7) is 6.88. The molecule has 2 saturated heterocycles. The van der Waals surface area contributed by atoms with Gasteiger partial charge in [-0.3, -0.25) is 24.8 Å². The van der Waals surface area contributed by atoms with Crippen molar-refractivity contribution in [2.75, 3.05) is 52.4 Å². The quantitative estimate of drug-likeness (QED) is 0.212. The van der Waals surface area contributed by atoms with Gasteiger partial charge in [-0.2, -0.15) is 0 Å². The summed E-state index contributed by atoms with van der Waals surface area (Å²) in [6.07, 6.45) is 10.6. The predicted octanol–water partition coefficient (Wildman–Crippen LogP) is 6.96. The topological polar surface area (TPSA) is 86.7 Å².